The van der Waals surface area contributed by atoms with E-state index in [1.54, 1.807) is 35.2 Å². The van der Waals surface area contributed by atoms with Gasteiger partial charge < -0.3 is 24.1 Å². The average molecular weight is 646 g/mol. The number of nitrogens with one attached hydrogen (secondary N) is 1. The van der Waals surface area contributed by atoms with Crippen molar-refractivity contribution >= 4 is 44.5 Å². The van der Waals surface area contributed by atoms with Crippen LogP contribution in [0, 0.1) is 12.8 Å². The highest BCUT2D eigenvalue weighted by molar-refractivity contribution is 7.92. The van der Waals surface area contributed by atoms with Crippen LogP contribution in [-0.2, 0) is 35.3 Å². The van der Waals surface area contributed by atoms with Gasteiger partial charge in [-0.1, -0.05) is 42.5 Å². The van der Waals surface area contributed by atoms with Crippen molar-refractivity contribution in [3.8, 4) is 0 Å². The van der Waals surface area contributed by atoms with Crippen LogP contribution in [0.4, 0.5) is 11.7 Å². The average Bonchev–Trinajstić information content (AvgIpc) is 3.69. The van der Waals surface area contributed by atoms with Gasteiger partial charge in [0.15, 0.2) is 15.4 Å². The summed E-state index contributed by atoms with van der Waals surface area (Å²) in [5, 5.41) is 2.47. The number of esters is 1. The van der Waals surface area contributed by atoms with Gasteiger partial charge in [-0.2, -0.15) is 4.98 Å². The third kappa shape index (κ3) is 6.95. The zero-order chi connectivity index (χ0) is 32.3. The SMILES string of the molecule is COC(=O)C1CCC(OC[C@@H]2C[C@H](S(=O)(=O)c3ccccc3)CN2C(=O)Cc2ccc3nc(Nc4ccccc4C)oc3c2)CC1. The number of hydrogen-bond acceptors (Lipinski definition) is 9. The van der Waals surface area contributed by atoms with E-state index in [0.29, 0.717) is 42.8 Å². The molecule has 2 heterocycles. The normalized spacial score (nSPS) is 21.7. The number of oxazole rings is 1. The minimum atomic E-state index is -3.66. The molecule has 0 bridgehead atoms. The second-order valence-electron chi connectivity index (χ2n) is 12.2. The number of methoxy groups -OCH3 is 1. The lowest BCUT2D eigenvalue weighted by atomic mass is 9.87. The summed E-state index contributed by atoms with van der Waals surface area (Å²) in [7, 11) is -2.26. The molecule has 0 spiro atoms. The van der Waals surface area contributed by atoms with Gasteiger partial charge in [0.1, 0.15) is 5.52 Å². The summed E-state index contributed by atoms with van der Waals surface area (Å²) in [5.74, 6) is -0.487. The van der Waals surface area contributed by atoms with E-state index < -0.39 is 21.1 Å². The topological polar surface area (TPSA) is 128 Å². The summed E-state index contributed by atoms with van der Waals surface area (Å²) >= 11 is 0. The number of fused-ring (bicyclic) bond motifs is 1. The second-order valence-corrected chi connectivity index (χ2v) is 14.4. The summed E-state index contributed by atoms with van der Waals surface area (Å²) in [5.41, 5.74) is 3.90. The molecular weight excluding hydrogens is 606 g/mol. The molecule has 2 atom stereocenters. The van der Waals surface area contributed by atoms with E-state index in [4.69, 9.17) is 13.9 Å². The fraction of sp³-hybridized carbons (Fsp3) is 0.400. The van der Waals surface area contributed by atoms with Crippen LogP contribution in [0.1, 0.15) is 43.2 Å². The number of anilines is 2. The summed E-state index contributed by atoms with van der Waals surface area (Å²) in [6.45, 7) is 2.32. The molecule has 1 saturated carbocycles. The first-order valence-electron chi connectivity index (χ1n) is 15.7. The van der Waals surface area contributed by atoms with Crippen molar-refractivity contribution in [3.05, 3.63) is 83.9 Å². The Balaban J connectivity index is 1.16. The Morgan fingerprint density at radius 1 is 1.00 bits per heavy atom. The van der Waals surface area contributed by atoms with Gasteiger partial charge in [0.05, 0.1) is 48.3 Å². The van der Waals surface area contributed by atoms with Crippen LogP contribution in [0.3, 0.4) is 0 Å². The number of sulfone groups is 1. The summed E-state index contributed by atoms with van der Waals surface area (Å²) in [6, 6.07) is 21.7. The van der Waals surface area contributed by atoms with Gasteiger partial charge in [-0.15, -0.1) is 0 Å². The number of aromatic nitrogens is 1. The van der Waals surface area contributed by atoms with Gasteiger partial charge in [0, 0.05) is 12.2 Å². The van der Waals surface area contributed by atoms with Crippen LogP contribution >= 0.6 is 0 Å². The van der Waals surface area contributed by atoms with Crippen LogP contribution < -0.4 is 5.32 Å². The van der Waals surface area contributed by atoms with Crippen molar-refractivity contribution < 1.29 is 31.9 Å². The molecule has 46 heavy (non-hydrogen) atoms. The third-order valence-electron chi connectivity index (χ3n) is 9.13. The highest BCUT2D eigenvalue weighted by atomic mass is 32.2. The molecule has 11 heteroatoms. The van der Waals surface area contributed by atoms with E-state index in [1.165, 1.54) is 7.11 Å². The van der Waals surface area contributed by atoms with Gasteiger partial charge in [-0.25, -0.2) is 8.42 Å². The zero-order valence-corrected chi connectivity index (χ0v) is 26.9. The van der Waals surface area contributed by atoms with E-state index >= 15 is 0 Å². The number of amides is 1. The fourth-order valence-electron chi connectivity index (χ4n) is 6.48. The van der Waals surface area contributed by atoms with E-state index in [2.05, 4.69) is 10.3 Å². The van der Waals surface area contributed by atoms with E-state index in [9.17, 15) is 18.0 Å². The molecular formula is C35H39N3O7S. The van der Waals surface area contributed by atoms with Crippen molar-refractivity contribution in [1.29, 1.82) is 0 Å². The van der Waals surface area contributed by atoms with Crippen molar-refractivity contribution in [3.63, 3.8) is 0 Å². The number of aryl methyl sites for hydroxylation is 1. The fourth-order valence-corrected chi connectivity index (χ4v) is 8.23. The Bertz CT molecular complexity index is 1800. The Labute approximate surface area is 269 Å². The van der Waals surface area contributed by atoms with Gasteiger partial charge in [0.25, 0.3) is 6.01 Å². The Kier molecular flexibility index (Phi) is 9.42. The maximum absolute atomic E-state index is 13.8. The number of ether oxygens (including phenoxy) is 2. The summed E-state index contributed by atoms with van der Waals surface area (Å²) in [4.78, 5) is 32.2. The lowest BCUT2D eigenvalue weighted by molar-refractivity contribution is -0.148. The minimum absolute atomic E-state index is 0.0565. The van der Waals surface area contributed by atoms with Crippen molar-refractivity contribution in [1.82, 2.24) is 9.88 Å². The van der Waals surface area contributed by atoms with E-state index in [0.717, 1.165) is 16.8 Å². The molecule has 1 amide bonds. The Morgan fingerprint density at radius 2 is 1.74 bits per heavy atom. The standard InChI is InChI=1S/C35H39N3O7S/c1-23-8-6-7-11-30(23)36-35-37-31-17-12-24(18-32(31)45-35)19-33(39)38-21-29(46(41,42)28-9-4-3-5-10-28)20-26(38)22-44-27-15-13-25(14-16-27)34(40)43-2/h3-12,17-18,25-27,29H,13-16,19-22H2,1-2H3,(H,36,37)/t25?,26-,27?,29-/m0/s1. The van der Waals surface area contributed by atoms with Gasteiger partial charge in [-0.05, 0) is 80.5 Å². The molecule has 3 aromatic carbocycles. The maximum Gasteiger partial charge on any atom is 0.308 e. The van der Waals surface area contributed by atoms with E-state index in [1.807, 2.05) is 49.4 Å². The predicted molar refractivity (Wildman–Crippen MR) is 173 cm³/mol. The zero-order valence-electron chi connectivity index (χ0n) is 26.1. The van der Waals surface area contributed by atoms with E-state index in [-0.39, 0.29) is 54.8 Å². The number of para-hydroxylation sites is 1. The molecule has 1 aliphatic heterocycles. The van der Waals surface area contributed by atoms with Crippen LogP contribution in [0.2, 0.25) is 0 Å². The first-order valence-corrected chi connectivity index (χ1v) is 17.3. The highest BCUT2D eigenvalue weighted by Crippen LogP contribution is 2.32. The lowest BCUT2D eigenvalue weighted by Gasteiger charge is -2.30. The summed E-state index contributed by atoms with van der Waals surface area (Å²) in [6.07, 6.45) is 3.10. The third-order valence-corrected chi connectivity index (χ3v) is 11.3. The number of likely N-dealkylation sites (tertiary alicyclic amines) is 1. The quantitative estimate of drug-likeness (QED) is 0.219. The number of benzene rings is 3. The monoisotopic (exact) mass is 645 g/mol. The lowest BCUT2D eigenvalue weighted by Crippen LogP contribution is -2.40. The van der Waals surface area contributed by atoms with Gasteiger partial charge >= 0.3 is 5.97 Å². The van der Waals surface area contributed by atoms with Crippen molar-refractivity contribution in [2.45, 2.75) is 67.7 Å². The molecule has 1 aliphatic carbocycles. The molecule has 10 nitrogen and oxygen atoms in total. The first kappa shape index (κ1) is 31.7. The summed E-state index contributed by atoms with van der Waals surface area (Å²) < 4.78 is 44.3. The Morgan fingerprint density at radius 3 is 2.48 bits per heavy atom. The number of carbonyl (C=O) groups is 2. The number of rotatable bonds is 10. The number of hydrogen-bond donors (Lipinski definition) is 1. The molecule has 2 aliphatic rings. The van der Waals surface area contributed by atoms with Crippen molar-refractivity contribution in [2.75, 3.05) is 25.6 Å². The van der Waals surface area contributed by atoms with Crippen LogP contribution in [0.15, 0.2) is 82.1 Å². The Hall–Kier alpha value is -4.22. The number of carbonyl (C=O) groups excluding carboxylic acids is 2. The maximum atomic E-state index is 13.8. The van der Waals surface area contributed by atoms with Crippen LogP contribution in [0.25, 0.3) is 11.1 Å². The molecule has 1 saturated heterocycles. The largest absolute Gasteiger partial charge is 0.469 e. The molecule has 242 valence electrons. The predicted octanol–water partition coefficient (Wildman–Crippen LogP) is 5.61. The first-order chi connectivity index (χ1) is 22.2. The molecule has 6 rings (SSSR count). The highest BCUT2D eigenvalue weighted by Gasteiger charge is 2.42. The second kappa shape index (κ2) is 13.6. The molecule has 1 aromatic heterocycles. The van der Waals surface area contributed by atoms with Crippen LogP contribution in [0.5, 0.6) is 0 Å². The van der Waals surface area contributed by atoms with Gasteiger partial charge in [0.2, 0.25) is 5.91 Å². The molecule has 2 fully saturated rings. The molecule has 4 aromatic rings. The number of nitrogens with zero attached hydrogens (tertiary/aromatic N) is 2. The van der Waals surface area contributed by atoms with Crippen LogP contribution in [-0.4, -0.2) is 67.8 Å². The smallest absolute Gasteiger partial charge is 0.308 e. The van der Waals surface area contributed by atoms with Crippen molar-refractivity contribution in [2.24, 2.45) is 5.92 Å². The van der Waals surface area contributed by atoms with Gasteiger partial charge in [-0.3, -0.25) is 9.59 Å². The molecule has 1 N–H and O–H groups in total. The molecule has 0 unspecified atom stereocenters. The molecule has 0 radical (unpaired) electrons. The minimum Gasteiger partial charge on any atom is -0.469 e.